The molecule has 0 N–H and O–H groups in total. The second kappa shape index (κ2) is 14.8. The van der Waals surface area contributed by atoms with Gasteiger partial charge in [0.05, 0.1) is 28.3 Å². The summed E-state index contributed by atoms with van der Waals surface area (Å²) in [7, 11) is 0. The van der Waals surface area contributed by atoms with Crippen LogP contribution in [-0.2, 0) is 0 Å². The van der Waals surface area contributed by atoms with Crippen LogP contribution in [0, 0.1) is 6.92 Å². The number of allylic oxidation sites excluding steroid dienone is 9. The van der Waals surface area contributed by atoms with E-state index in [-0.39, 0.29) is 0 Å². The van der Waals surface area contributed by atoms with Gasteiger partial charge in [0.25, 0.3) is 0 Å². The highest BCUT2D eigenvalue weighted by atomic mass is 15.3. The lowest BCUT2D eigenvalue weighted by Gasteiger charge is -2.11. The van der Waals surface area contributed by atoms with Crippen LogP contribution < -0.4 is 10.6 Å². The molecule has 2 heterocycles. The molecule has 3 heteroatoms. The molecular weight excluding hydrogens is 631 g/mol. The first-order valence-electron chi connectivity index (χ1n) is 17.7. The van der Waals surface area contributed by atoms with E-state index in [1.165, 1.54) is 27.8 Å². The largest absolute Gasteiger partial charge is 0.309 e. The molecule has 52 heavy (non-hydrogen) atoms. The van der Waals surface area contributed by atoms with Gasteiger partial charge in [-0.2, -0.15) is 5.10 Å². The number of nitrogens with zero attached hydrogens (tertiary/aromatic N) is 3. The summed E-state index contributed by atoms with van der Waals surface area (Å²) < 4.78 is 4.35. The van der Waals surface area contributed by atoms with Crippen LogP contribution in [-0.4, -0.2) is 14.3 Å². The zero-order valence-electron chi connectivity index (χ0n) is 30.3. The number of aryl methyl sites for hydroxylation is 1. The fraction of sp³-hybridized carbons (Fsp3) is 0.0816. The summed E-state index contributed by atoms with van der Waals surface area (Å²) in [6, 6.07) is 40.9. The van der Waals surface area contributed by atoms with Crippen LogP contribution in [0.15, 0.2) is 181 Å². The number of hydrogen-bond donors (Lipinski definition) is 0. The minimum atomic E-state index is 0.944. The third kappa shape index (κ3) is 6.82. The zero-order valence-corrected chi connectivity index (χ0v) is 30.3. The van der Waals surface area contributed by atoms with Crippen molar-refractivity contribution in [3.05, 3.63) is 197 Å². The van der Waals surface area contributed by atoms with Crippen LogP contribution in [0.5, 0.6) is 0 Å². The van der Waals surface area contributed by atoms with E-state index in [0.717, 1.165) is 60.5 Å². The molecule has 3 nitrogen and oxygen atoms in total. The summed E-state index contributed by atoms with van der Waals surface area (Å²) in [5, 5.41) is 9.03. The van der Waals surface area contributed by atoms with Gasteiger partial charge in [0.15, 0.2) is 0 Å². The molecule has 0 atom stereocenters. The van der Waals surface area contributed by atoms with E-state index in [2.05, 4.69) is 147 Å². The molecule has 0 saturated heterocycles. The minimum Gasteiger partial charge on any atom is -0.309 e. The molecule has 0 saturated carbocycles. The van der Waals surface area contributed by atoms with E-state index >= 15 is 0 Å². The Bertz CT molecular complexity index is 2660. The Hall–Kier alpha value is -6.45. The summed E-state index contributed by atoms with van der Waals surface area (Å²) in [4.78, 5) is 0. The van der Waals surface area contributed by atoms with E-state index in [4.69, 9.17) is 11.7 Å². The number of aromatic nitrogens is 3. The standard InChI is InChI=1S/C49H43N3/c1-7-8-11-16-34(2)21-22-36(4)37(5)31-48-38(6)49-45-33-50-52(44-19-14-10-15-20-44)46(45)27-28-47(49)51(48)43-25-23-40(24-26-43)42-30-35(3)29-41(32-42)39-17-12-9-13-18-39/h7-33H,2,6H2,1,3-5H3/b8-7-,16-11-,22-21-,37-36+,48-31+. The summed E-state index contributed by atoms with van der Waals surface area (Å²) >= 11 is 0. The summed E-state index contributed by atoms with van der Waals surface area (Å²) in [6.07, 6.45) is 16.5. The molecule has 0 aliphatic heterocycles. The fourth-order valence-corrected chi connectivity index (χ4v) is 6.77. The van der Waals surface area contributed by atoms with E-state index < -0.39 is 0 Å². The van der Waals surface area contributed by atoms with Gasteiger partial charge in [-0.25, -0.2) is 4.68 Å². The number of hydrogen-bond acceptors (Lipinski definition) is 1. The zero-order chi connectivity index (χ0) is 36.2. The normalized spacial score (nSPS) is 13.0. The van der Waals surface area contributed by atoms with Gasteiger partial charge in [0, 0.05) is 21.7 Å². The number of para-hydroxylation sites is 1. The van der Waals surface area contributed by atoms with E-state index in [1.54, 1.807) is 0 Å². The Balaban J connectivity index is 1.38. The molecule has 7 rings (SSSR count). The van der Waals surface area contributed by atoms with Crippen molar-refractivity contribution in [3.63, 3.8) is 0 Å². The maximum Gasteiger partial charge on any atom is 0.0748 e. The van der Waals surface area contributed by atoms with Crippen LogP contribution in [0.2, 0.25) is 0 Å². The molecule has 0 aliphatic carbocycles. The lowest BCUT2D eigenvalue weighted by atomic mass is 9.96. The maximum atomic E-state index is 4.84. The van der Waals surface area contributed by atoms with Gasteiger partial charge in [-0.1, -0.05) is 122 Å². The SMILES string of the molecule is C=C(/C=C\C=C/C)\C=C/C(C)=C(C)/C=c1\c(=C)c2c3cnn(-c4ccccc4)c3ccc2n1-c1ccc(-c2cc(C)cc(-c3ccccc3)c2)cc1. The Morgan fingerprint density at radius 2 is 1.31 bits per heavy atom. The quantitative estimate of drug-likeness (QED) is 0.140. The molecule has 0 spiro atoms. The maximum absolute atomic E-state index is 4.84. The van der Waals surface area contributed by atoms with Crippen LogP contribution in [0.1, 0.15) is 26.3 Å². The van der Waals surface area contributed by atoms with E-state index in [9.17, 15) is 0 Å². The Morgan fingerprint density at radius 3 is 2.00 bits per heavy atom. The minimum absolute atomic E-state index is 0.944. The van der Waals surface area contributed by atoms with Crippen molar-refractivity contribution >= 4 is 34.5 Å². The van der Waals surface area contributed by atoms with Gasteiger partial charge < -0.3 is 4.57 Å². The highest BCUT2D eigenvalue weighted by Gasteiger charge is 2.16. The lowest BCUT2D eigenvalue weighted by Crippen LogP contribution is -2.27. The van der Waals surface area contributed by atoms with Crippen LogP contribution >= 0.6 is 0 Å². The first kappa shape index (κ1) is 34.0. The van der Waals surface area contributed by atoms with Gasteiger partial charge >= 0.3 is 0 Å². The molecule has 0 radical (unpaired) electrons. The smallest absolute Gasteiger partial charge is 0.0748 e. The van der Waals surface area contributed by atoms with Crippen molar-refractivity contribution in [1.82, 2.24) is 14.3 Å². The van der Waals surface area contributed by atoms with Gasteiger partial charge in [0.2, 0.25) is 0 Å². The number of fused-ring (bicyclic) bond motifs is 3. The highest BCUT2D eigenvalue weighted by molar-refractivity contribution is 6.06. The van der Waals surface area contributed by atoms with Gasteiger partial charge in [-0.3, -0.25) is 0 Å². The molecule has 2 aromatic heterocycles. The van der Waals surface area contributed by atoms with Crippen molar-refractivity contribution in [1.29, 1.82) is 0 Å². The van der Waals surface area contributed by atoms with E-state index in [1.807, 2.05) is 60.3 Å². The van der Waals surface area contributed by atoms with Crippen LogP contribution in [0.25, 0.3) is 68.1 Å². The summed E-state index contributed by atoms with van der Waals surface area (Å²) in [5.74, 6) is 0. The molecule has 7 aromatic rings. The predicted octanol–water partition coefficient (Wildman–Crippen LogP) is 11.4. The third-order valence-electron chi connectivity index (χ3n) is 9.60. The topological polar surface area (TPSA) is 22.8 Å². The average Bonchev–Trinajstić information content (AvgIpc) is 3.73. The molecule has 254 valence electrons. The fourth-order valence-electron chi connectivity index (χ4n) is 6.77. The Labute approximate surface area is 306 Å². The molecule has 0 aliphatic rings. The monoisotopic (exact) mass is 673 g/mol. The Morgan fingerprint density at radius 1 is 0.654 bits per heavy atom. The molecule has 0 fully saturated rings. The first-order chi connectivity index (χ1) is 25.3. The number of rotatable bonds is 9. The van der Waals surface area contributed by atoms with Crippen LogP contribution in [0.4, 0.5) is 0 Å². The van der Waals surface area contributed by atoms with Crippen molar-refractivity contribution in [2.45, 2.75) is 27.7 Å². The lowest BCUT2D eigenvalue weighted by molar-refractivity contribution is 0.911. The second-order valence-corrected chi connectivity index (χ2v) is 13.3. The molecule has 5 aromatic carbocycles. The van der Waals surface area contributed by atoms with Gasteiger partial charge in [-0.05, 0) is 121 Å². The van der Waals surface area contributed by atoms with Crippen molar-refractivity contribution in [2.24, 2.45) is 0 Å². The van der Waals surface area contributed by atoms with E-state index in [0.29, 0.717) is 0 Å². The van der Waals surface area contributed by atoms with Crippen molar-refractivity contribution in [3.8, 4) is 33.6 Å². The molecule has 0 amide bonds. The van der Waals surface area contributed by atoms with Crippen molar-refractivity contribution < 1.29 is 0 Å². The van der Waals surface area contributed by atoms with Gasteiger partial charge in [0.1, 0.15) is 0 Å². The number of benzene rings is 5. The summed E-state index contributed by atoms with van der Waals surface area (Å²) in [6.45, 7) is 17.4. The molecule has 0 bridgehead atoms. The molecule has 0 unspecified atom stereocenters. The first-order valence-corrected chi connectivity index (χ1v) is 17.7. The predicted molar refractivity (Wildman–Crippen MR) is 223 cm³/mol. The third-order valence-corrected chi connectivity index (χ3v) is 9.60. The second-order valence-electron chi connectivity index (χ2n) is 13.3. The van der Waals surface area contributed by atoms with Crippen LogP contribution in [0.3, 0.4) is 0 Å². The highest BCUT2D eigenvalue weighted by Crippen LogP contribution is 2.30. The average molecular weight is 674 g/mol. The van der Waals surface area contributed by atoms with Crippen molar-refractivity contribution in [2.75, 3.05) is 0 Å². The molecular formula is C49H43N3. The summed E-state index contributed by atoms with van der Waals surface area (Å²) in [5.41, 5.74) is 13.5. The Kier molecular flexibility index (Phi) is 9.68. The van der Waals surface area contributed by atoms with Gasteiger partial charge in [-0.15, -0.1) is 0 Å².